The van der Waals surface area contributed by atoms with E-state index < -0.39 is 0 Å². The maximum absolute atomic E-state index is 5.82. The maximum atomic E-state index is 5.82. The minimum Gasteiger partial charge on any atom is -0.362 e. The summed E-state index contributed by atoms with van der Waals surface area (Å²) in [4.78, 5) is 5.61. The van der Waals surface area contributed by atoms with Crippen LogP contribution in [0, 0.1) is 0 Å². The average Bonchev–Trinajstić information content (AvgIpc) is 1.82. The largest absolute Gasteiger partial charge is 0.362 e. The molecule has 1 rings (SSSR count). The lowest BCUT2D eigenvalue weighted by molar-refractivity contribution is 0.494. The summed E-state index contributed by atoms with van der Waals surface area (Å²) in [5.74, 6) is 0. The van der Waals surface area contributed by atoms with Crippen molar-refractivity contribution < 1.29 is 0 Å². The first-order valence-electron chi connectivity index (χ1n) is 2.55. The third kappa shape index (κ3) is 1.13. The van der Waals surface area contributed by atoms with Gasteiger partial charge in [0.25, 0.3) is 0 Å². The Morgan fingerprint density at radius 1 is 1.88 bits per heavy atom. The second kappa shape index (κ2) is 1.62. The molecule has 0 fully saturated rings. The Bertz CT molecular complexity index is 120. The van der Waals surface area contributed by atoms with Gasteiger partial charge in [-0.15, -0.1) is 0 Å². The van der Waals surface area contributed by atoms with E-state index in [0.717, 1.165) is 6.54 Å². The third-order valence-corrected chi connectivity index (χ3v) is 1.28. The lowest BCUT2D eigenvalue weighted by Gasteiger charge is -2.12. The Hall–Kier alpha value is -0.240. The first kappa shape index (κ1) is 5.89. The molecule has 0 saturated carbocycles. The highest BCUT2D eigenvalue weighted by atomic mass is 35.5. The van der Waals surface area contributed by atoms with E-state index in [9.17, 15) is 0 Å². The summed E-state index contributed by atoms with van der Waals surface area (Å²) < 4.78 is 0. The van der Waals surface area contributed by atoms with Crippen LogP contribution in [0.2, 0.25) is 0 Å². The molecule has 0 bridgehead atoms. The van der Waals surface area contributed by atoms with E-state index in [2.05, 4.69) is 4.99 Å². The summed E-state index contributed by atoms with van der Waals surface area (Å²) in [6.45, 7) is 2.71. The van der Waals surface area contributed by atoms with Crippen LogP contribution in [0.3, 0.4) is 0 Å². The number of hydrogen-bond donors (Lipinski definition) is 0. The number of halogens is 1. The lowest BCUT2D eigenvalue weighted by atomic mass is 10.3. The summed E-state index contributed by atoms with van der Waals surface area (Å²) in [6.07, 6.45) is 1.76. The van der Waals surface area contributed by atoms with Gasteiger partial charge in [0, 0.05) is 7.05 Å². The van der Waals surface area contributed by atoms with Crippen LogP contribution in [0.25, 0.3) is 0 Å². The van der Waals surface area contributed by atoms with E-state index in [0.29, 0.717) is 0 Å². The van der Waals surface area contributed by atoms with E-state index in [1.165, 1.54) is 0 Å². The zero-order chi connectivity index (χ0) is 6.20. The topological polar surface area (TPSA) is 15.6 Å². The van der Waals surface area contributed by atoms with E-state index >= 15 is 0 Å². The molecule has 8 heavy (non-hydrogen) atoms. The summed E-state index contributed by atoms with van der Waals surface area (Å²) in [5, 5.41) is 0. The molecule has 0 saturated heterocycles. The fourth-order valence-corrected chi connectivity index (χ4v) is 0.988. The van der Waals surface area contributed by atoms with Gasteiger partial charge in [-0.1, -0.05) is 11.6 Å². The van der Waals surface area contributed by atoms with Crippen LogP contribution in [-0.2, 0) is 0 Å². The van der Waals surface area contributed by atoms with Gasteiger partial charge in [-0.05, 0) is 6.92 Å². The van der Waals surface area contributed by atoms with Crippen molar-refractivity contribution >= 4 is 17.9 Å². The summed E-state index contributed by atoms with van der Waals surface area (Å²) in [6, 6.07) is 0. The molecule has 0 aromatic heterocycles. The number of rotatable bonds is 0. The van der Waals surface area contributed by atoms with E-state index in [1.807, 2.05) is 18.9 Å². The standard InChI is InChI=1S/C5H9ClN2/c1-5(6)3-8(2)4-7-5/h4H,3H2,1-2H3. The average molecular weight is 133 g/mol. The predicted octanol–water partition coefficient (Wildman–Crippen LogP) is 0.915. The van der Waals surface area contributed by atoms with E-state index in [-0.39, 0.29) is 5.00 Å². The molecular weight excluding hydrogens is 124 g/mol. The fraction of sp³-hybridized carbons (Fsp3) is 0.800. The van der Waals surface area contributed by atoms with Gasteiger partial charge in [-0.3, -0.25) is 4.99 Å². The first-order chi connectivity index (χ1) is 3.60. The number of likely N-dealkylation sites (N-methyl/N-ethyl adjacent to an activating group) is 1. The molecule has 3 heteroatoms. The molecule has 1 heterocycles. The molecule has 0 N–H and O–H groups in total. The molecule has 0 amide bonds. The highest BCUT2D eigenvalue weighted by Crippen LogP contribution is 2.20. The smallest absolute Gasteiger partial charge is 0.150 e. The maximum Gasteiger partial charge on any atom is 0.150 e. The van der Waals surface area contributed by atoms with Gasteiger partial charge in [0.05, 0.1) is 12.9 Å². The van der Waals surface area contributed by atoms with Crippen LogP contribution in [0.15, 0.2) is 4.99 Å². The van der Waals surface area contributed by atoms with Crippen LogP contribution in [-0.4, -0.2) is 29.8 Å². The Morgan fingerprint density at radius 3 is 2.62 bits per heavy atom. The Balaban J connectivity index is 2.58. The lowest BCUT2D eigenvalue weighted by Crippen LogP contribution is -2.23. The van der Waals surface area contributed by atoms with Gasteiger partial charge in [-0.25, -0.2) is 0 Å². The van der Waals surface area contributed by atoms with Gasteiger partial charge in [0.1, 0.15) is 5.00 Å². The monoisotopic (exact) mass is 132 g/mol. The van der Waals surface area contributed by atoms with Crippen molar-refractivity contribution in [1.29, 1.82) is 0 Å². The first-order valence-corrected chi connectivity index (χ1v) is 2.92. The van der Waals surface area contributed by atoms with Crippen molar-refractivity contribution in [2.45, 2.75) is 11.9 Å². The molecule has 1 atom stereocenters. The van der Waals surface area contributed by atoms with Crippen molar-refractivity contribution in [3.63, 3.8) is 0 Å². The van der Waals surface area contributed by atoms with Crippen molar-refractivity contribution in [2.75, 3.05) is 13.6 Å². The fourth-order valence-electron chi connectivity index (χ4n) is 0.756. The van der Waals surface area contributed by atoms with Gasteiger partial charge >= 0.3 is 0 Å². The summed E-state index contributed by atoms with van der Waals surface area (Å²) >= 11 is 5.82. The number of hydrogen-bond acceptors (Lipinski definition) is 2. The number of aliphatic imine (C=N–C) groups is 1. The Kier molecular flexibility index (Phi) is 1.19. The molecule has 0 aliphatic carbocycles. The summed E-state index contributed by atoms with van der Waals surface area (Å²) in [7, 11) is 1.96. The van der Waals surface area contributed by atoms with E-state index in [4.69, 9.17) is 11.6 Å². The SMILES string of the molecule is CN1C=NC(C)(Cl)C1. The minimum absolute atomic E-state index is 0.366. The van der Waals surface area contributed by atoms with Crippen LogP contribution in [0.5, 0.6) is 0 Å². The molecule has 1 aliphatic heterocycles. The highest BCUT2D eigenvalue weighted by Gasteiger charge is 2.24. The van der Waals surface area contributed by atoms with Crippen molar-refractivity contribution in [1.82, 2.24) is 4.90 Å². The Labute approximate surface area is 54.2 Å². The molecule has 46 valence electrons. The second-order valence-electron chi connectivity index (χ2n) is 2.30. The molecule has 0 aromatic rings. The molecule has 2 nitrogen and oxygen atoms in total. The van der Waals surface area contributed by atoms with E-state index in [1.54, 1.807) is 6.34 Å². The number of alkyl halides is 1. The zero-order valence-corrected chi connectivity index (χ0v) is 5.81. The van der Waals surface area contributed by atoms with Gasteiger partial charge in [-0.2, -0.15) is 0 Å². The predicted molar refractivity (Wildman–Crippen MR) is 35.4 cm³/mol. The normalized spacial score (nSPS) is 36.6. The second-order valence-corrected chi connectivity index (χ2v) is 3.12. The van der Waals surface area contributed by atoms with Crippen LogP contribution in [0.4, 0.5) is 0 Å². The summed E-state index contributed by atoms with van der Waals surface area (Å²) in [5.41, 5.74) is 0. The molecule has 1 aliphatic rings. The van der Waals surface area contributed by atoms with Gasteiger partial charge < -0.3 is 4.90 Å². The van der Waals surface area contributed by atoms with Crippen LogP contribution >= 0.6 is 11.6 Å². The number of nitrogens with zero attached hydrogens (tertiary/aromatic N) is 2. The van der Waals surface area contributed by atoms with Crippen molar-refractivity contribution in [3.8, 4) is 0 Å². The molecule has 0 aromatic carbocycles. The Morgan fingerprint density at radius 2 is 2.50 bits per heavy atom. The molecule has 1 unspecified atom stereocenters. The molecule has 0 radical (unpaired) electrons. The van der Waals surface area contributed by atoms with Crippen LogP contribution in [0.1, 0.15) is 6.92 Å². The van der Waals surface area contributed by atoms with Gasteiger partial charge in [0.15, 0.2) is 0 Å². The van der Waals surface area contributed by atoms with Crippen LogP contribution < -0.4 is 0 Å². The van der Waals surface area contributed by atoms with Crippen molar-refractivity contribution in [2.24, 2.45) is 4.99 Å². The molecule has 0 spiro atoms. The highest BCUT2D eigenvalue weighted by molar-refractivity contribution is 6.24. The third-order valence-electron chi connectivity index (χ3n) is 1.06. The molecular formula is C5H9ClN2. The minimum atomic E-state index is -0.366. The van der Waals surface area contributed by atoms with Crippen molar-refractivity contribution in [3.05, 3.63) is 0 Å². The zero-order valence-electron chi connectivity index (χ0n) is 5.06. The quantitative estimate of drug-likeness (QED) is 0.354. The van der Waals surface area contributed by atoms with Gasteiger partial charge in [0.2, 0.25) is 0 Å².